The van der Waals surface area contributed by atoms with Crippen molar-refractivity contribution in [2.75, 3.05) is 18.8 Å². The van der Waals surface area contributed by atoms with Gasteiger partial charge in [0.1, 0.15) is 6.04 Å². The minimum absolute atomic E-state index is 0.00119. The van der Waals surface area contributed by atoms with Gasteiger partial charge in [-0.2, -0.15) is 0 Å². The third kappa shape index (κ3) is 5.56. The van der Waals surface area contributed by atoms with Crippen molar-refractivity contribution >= 4 is 34.7 Å². The molecule has 7 nitrogen and oxygen atoms in total. The summed E-state index contributed by atoms with van der Waals surface area (Å²) in [6.45, 7) is 8.14. The Balaban J connectivity index is 1.82. The van der Waals surface area contributed by atoms with Crippen LogP contribution in [0.15, 0.2) is 24.3 Å². The lowest BCUT2D eigenvalue weighted by atomic mass is 9.86. The van der Waals surface area contributed by atoms with Crippen LogP contribution >= 0.6 is 11.8 Å². The first-order valence-corrected chi connectivity index (χ1v) is 9.74. The van der Waals surface area contributed by atoms with E-state index in [1.54, 1.807) is 19.1 Å². The van der Waals surface area contributed by atoms with Crippen LogP contribution in [-0.2, 0) is 15.0 Å². The smallest absolute Gasteiger partial charge is 0.288 e. The van der Waals surface area contributed by atoms with Crippen molar-refractivity contribution in [3.8, 4) is 0 Å². The summed E-state index contributed by atoms with van der Waals surface area (Å²) in [7, 11) is 0. The number of hydrogen-bond acceptors (Lipinski definition) is 5. The van der Waals surface area contributed by atoms with E-state index >= 15 is 0 Å². The van der Waals surface area contributed by atoms with E-state index in [4.69, 9.17) is 0 Å². The van der Waals surface area contributed by atoms with E-state index in [1.165, 1.54) is 0 Å². The van der Waals surface area contributed by atoms with Gasteiger partial charge in [-0.3, -0.25) is 24.1 Å². The lowest BCUT2D eigenvalue weighted by molar-refractivity contribution is -0.126. The van der Waals surface area contributed by atoms with Gasteiger partial charge in [0.25, 0.3) is 11.1 Å². The van der Waals surface area contributed by atoms with Crippen LogP contribution < -0.4 is 10.6 Å². The minimum Gasteiger partial charge on any atom is -0.353 e. The van der Waals surface area contributed by atoms with Crippen LogP contribution in [0.5, 0.6) is 0 Å². The minimum atomic E-state index is -0.737. The van der Waals surface area contributed by atoms with E-state index in [2.05, 4.69) is 31.4 Å². The Morgan fingerprint density at radius 2 is 1.81 bits per heavy atom. The Morgan fingerprint density at radius 1 is 1.19 bits per heavy atom. The molecule has 4 amide bonds. The standard InChI is InChI=1S/C19H25N3O4S/c1-12(16(24)20-9-10-22-15(23)11-27-18(22)26)21-17(25)13-5-7-14(8-6-13)19(2,3)4/h5-8,12H,9-11H2,1-4H3,(H,20,24)(H,21,25). The van der Waals surface area contributed by atoms with Crippen LogP contribution in [0.2, 0.25) is 0 Å². The number of nitrogens with one attached hydrogen (secondary N) is 2. The molecule has 1 heterocycles. The van der Waals surface area contributed by atoms with E-state index in [0.717, 1.165) is 22.2 Å². The number of thioether (sulfide) groups is 1. The SMILES string of the molecule is CC(NC(=O)c1ccc(C(C)(C)C)cc1)C(=O)NCCN1C(=O)CSC1=O. The van der Waals surface area contributed by atoms with Crippen LogP contribution in [0, 0.1) is 0 Å². The summed E-state index contributed by atoms with van der Waals surface area (Å²) in [5, 5.41) is 4.98. The van der Waals surface area contributed by atoms with Crippen LogP contribution in [0.4, 0.5) is 4.79 Å². The normalized spacial score (nSPS) is 15.6. The Labute approximate surface area is 163 Å². The number of hydrogen-bond donors (Lipinski definition) is 2. The Bertz CT molecular complexity index is 724. The molecule has 1 aromatic rings. The number of carbonyl (C=O) groups is 4. The molecule has 1 aromatic carbocycles. The van der Waals surface area contributed by atoms with E-state index in [1.807, 2.05) is 12.1 Å². The van der Waals surface area contributed by atoms with Gasteiger partial charge in [-0.05, 0) is 30.0 Å². The molecule has 0 bridgehead atoms. The second-order valence-corrected chi connectivity index (χ2v) is 8.34. The average Bonchev–Trinajstić information content (AvgIpc) is 2.92. The van der Waals surface area contributed by atoms with E-state index in [0.29, 0.717) is 5.56 Å². The summed E-state index contributed by atoms with van der Waals surface area (Å²) in [6, 6.07) is 6.55. The molecule has 1 aliphatic rings. The maximum Gasteiger partial charge on any atom is 0.288 e. The van der Waals surface area contributed by atoms with Gasteiger partial charge in [-0.25, -0.2) is 0 Å². The van der Waals surface area contributed by atoms with Gasteiger partial charge in [0, 0.05) is 18.7 Å². The summed E-state index contributed by atoms with van der Waals surface area (Å²) in [5.74, 6) is -0.812. The lowest BCUT2D eigenvalue weighted by Crippen LogP contribution is -2.47. The third-order valence-electron chi connectivity index (χ3n) is 4.23. The maximum absolute atomic E-state index is 12.3. The van der Waals surface area contributed by atoms with Crippen molar-refractivity contribution in [2.24, 2.45) is 0 Å². The van der Waals surface area contributed by atoms with E-state index in [9.17, 15) is 19.2 Å². The lowest BCUT2D eigenvalue weighted by Gasteiger charge is -2.19. The van der Waals surface area contributed by atoms with Crippen molar-refractivity contribution in [1.29, 1.82) is 0 Å². The summed E-state index contributed by atoms with van der Waals surface area (Å²) in [6.07, 6.45) is 0. The predicted molar refractivity (Wildman–Crippen MR) is 105 cm³/mol. The number of benzene rings is 1. The summed E-state index contributed by atoms with van der Waals surface area (Å²) >= 11 is 0.955. The number of rotatable bonds is 6. The third-order valence-corrected chi connectivity index (χ3v) is 5.09. The number of nitrogens with zero attached hydrogens (tertiary/aromatic N) is 1. The van der Waals surface area contributed by atoms with Crippen molar-refractivity contribution in [2.45, 2.75) is 39.2 Å². The van der Waals surface area contributed by atoms with Gasteiger partial charge in [-0.1, -0.05) is 44.7 Å². The van der Waals surface area contributed by atoms with Crippen LogP contribution in [0.25, 0.3) is 0 Å². The molecule has 0 spiro atoms. The zero-order valence-corrected chi connectivity index (χ0v) is 16.8. The molecule has 2 rings (SSSR count). The highest BCUT2D eigenvalue weighted by atomic mass is 32.2. The van der Waals surface area contributed by atoms with Crippen LogP contribution in [0.3, 0.4) is 0 Å². The molecular weight excluding hydrogens is 366 g/mol. The largest absolute Gasteiger partial charge is 0.353 e. The number of carbonyl (C=O) groups excluding carboxylic acids is 4. The molecule has 0 aliphatic carbocycles. The molecule has 8 heteroatoms. The monoisotopic (exact) mass is 391 g/mol. The molecule has 1 atom stereocenters. The number of amides is 4. The van der Waals surface area contributed by atoms with E-state index in [-0.39, 0.29) is 47.2 Å². The first kappa shape index (κ1) is 21.0. The molecule has 0 saturated carbocycles. The fourth-order valence-corrected chi connectivity index (χ4v) is 3.26. The van der Waals surface area contributed by atoms with Gasteiger partial charge in [-0.15, -0.1) is 0 Å². The summed E-state index contributed by atoms with van der Waals surface area (Å²) in [4.78, 5) is 48.5. The molecule has 0 aromatic heterocycles. The van der Waals surface area contributed by atoms with Gasteiger partial charge in [0.05, 0.1) is 5.75 Å². The summed E-state index contributed by atoms with van der Waals surface area (Å²) < 4.78 is 0. The predicted octanol–water partition coefficient (Wildman–Crippen LogP) is 1.91. The highest BCUT2D eigenvalue weighted by Gasteiger charge is 2.29. The molecule has 1 saturated heterocycles. The molecule has 1 aliphatic heterocycles. The quantitative estimate of drug-likeness (QED) is 0.772. The van der Waals surface area contributed by atoms with Gasteiger partial charge < -0.3 is 10.6 Å². The highest BCUT2D eigenvalue weighted by Crippen LogP contribution is 2.22. The van der Waals surface area contributed by atoms with Gasteiger partial charge in [0.2, 0.25) is 11.8 Å². The molecule has 0 radical (unpaired) electrons. The Morgan fingerprint density at radius 3 is 2.33 bits per heavy atom. The van der Waals surface area contributed by atoms with E-state index < -0.39 is 6.04 Å². The first-order chi connectivity index (χ1) is 12.6. The zero-order valence-electron chi connectivity index (χ0n) is 16.0. The molecule has 1 unspecified atom stereocenters. The van der Waals surface area contributed by atoms with Crippen LogP contribution in [-0.4, -0.2) is 52.7 Å². The summed E-state index contributed by atoms with van der Waals surface area (Å²) in [5.41, 5.74) is 1.60. The molecule has 2 N–H and O–H groups in total. The van der Waals surface area contributed by atoms with Gasteiger partial charge >= 0.3 is 0 Å². The van der Waals surface area contributed by atoms with Crippen LogP contribution in [0.1, 0.15) is 43.6 Å². The molecular formula is C19H25N3O4S. The molecule has 1 fully saturated rings. The topological polar surface area (TPSA) is 95.6 Å². The van der Waals surface area contributed by atoms with Crippen molar-refractivity contribution in [3.05, 3.63) is 35.4 Å². The second-order valence-electron chi connectivity index (χ2n) is 7.41. The zero-order chi connectivity index (χ0) is 20.2. The fraction of sp³-hybridized carbons (Fsp3) is 0.474. The fourth-order valence-electron chi connectivity index (χ4n) is 2.51. The van der Waals surface area contributed by atoms with Crippen molar-refractivity contribution < 1.29 is 19.2 Å². The molecule has 27 heavy (non-hydrogen) atoms. The molecule has 146 valence electrons. The second kappa shape index (κ2) is 8.56. The van der Waals surface area contributed by atoms with Crippen molar-refractivity contribution in [3.63, 3.8) is 0 Å². The van der Waals surface area contributed by atoms with Gasteiger partial charge in [0.15, 0.2) is 0 Å². The Hall–Kier alpha value is -2.35. The maximum atomic E-state index is 12.3. The first-order valence-electron chi connectivity index (χ1n) is 8.76. The average molecular weight is 391 g/mol. The Kier molecular flexibility index (Phi) is 6.64. The van der Waals surface area contributed by atoms with Crippen molar-refractivity contribution in [1.82, 2.24) is 15.5 Å². The number of imide groups is 1. The highest BCUT2D eigenvalue weighted by molar-refractivity contribution is 8.14.